The summed E-state index contributed by atoms with van der Waals surface area (Å²) in [7, 11) is 0. The van der Waals surface area contributed by atoms with Gasteiger partial charge in [0.25, 0.3) is 5.91 Å². The normalized spacial score (nSPS) is 10.4. The molecule has 2 aromatic rings. The Morgan fingerprint density at radius 2 is 1.95 bits per heavy atom. The molecule has 1 aromatic carbocycles. The molecule has 22 heavy (non-hydrogen) atoms. The Balaban J connectivity index is 2.37. The minimum Gasteiger partial charge on any atom is -0.456 e. The van der Waals surface area contributed by atoms with Crippen LogP contribution >= 0.6 is 15.9 Å². The summed E-state index contributed by atoms with van der Waals surface area (Å²) >= 11 is 3.42. The Labute approximate surface area is 139 Å². The summed E-state index contributed by atoms with van der Waals surface area (Å²) in [6, 6.07) is 9.08. The van der Waals surface area contributed by atoms with Crippen LogP contribution in [0.3, 0.4) is 0 Å². The third-order valence-corrected chi connectivity index (χ3v) is 3.81. The van der Waals surface area contributed by atoms with Gasteiger partial charge in [-0.3, -0.25) is 9.78 Å². The van der Waals surface area contributed by atoms with Crippen LogP contribution in [-0.4, -0.2) is 28.9 Å². The zero-order chi connectivity index (χ0) is 16.1. The van der Waals surface area contributed by atoms with Crippen LogP contribution in [0.1, 0.15) is 29.9 Å². The predicted molar refractivity (Wildman–Crippen MR) is 90.4 cm³/mol. The quantitative estimate of drug-likeness (QED) is 0.790. The zero-order valence-electron chi connectivity index (χ0n) is 13.0. The molecule has 5 heteroatoms. The summed E-state index contributed by atoms with van der Waals surface area (Å²) in [6.07, 6.45) is 1.69. The summed E-state index contributed by atoms with van der Waals surface area (Å²) in [5.41, 5.74) is 1.42. The van der Waals surface area contributed by atoms with Crippen molar-refractivity contribution in [1.29, 1.82) is 0 Å². The largest absolute Gasteiger partial charge is 0.456 e. The molecule has 1 aromatic heterocycles. The van der Waals surface area contributed by atoms with Crippen LogP contribution in [0.5, 0.6) is 11.5 Å². The summed E-state index contributed by atoms with van der Waals surface area (Å²) in [5.74, 6) is 1.18. The molecule has 0 atom stereocenters. The molecular weight excluding hydrogens is 344 g/mol. The van der Waals surface area contributed by atoms with E-state index in [1.165, 1.54) is 0 Å². The first-order valence-electron chi connectivity index (χ1n) is 7.24. The van der Waals surface area contributed by atoms with Gasteiger partial charge in [0.05, 0.1) is 5.56 Å². The number of ether oxygens (including phenoxy) is 1. The van der Waals surface area contributed by atoms with Gasteiger partial charge in [-0.25, -0.2) is 0 Å². The summed E-state index contributed by atoms with van der Waals surface area (Å²) < 4.78 is 6.75. The third-order valence-electron chi connectivity index (χ3n) is 3.32. The molecule has 0 fully saturated rings. The summed E-state index contributed by atoms with van der Waals surface area (Å²) in [6.45, 7) is 7.15. The monoisotopic (exact) mass is 362 g/mol. The van der Waals surface area contributed by atoms with E-state index in [2.05, 4.69) is 20.9 Å². The second-order valence-corrected chi connectivity index (χ2v) is 5.77. The number of hydrogen-bond donors (Lipinski definition) is 0. The van der Waals surface area contributed by atoms with E-state index in [0.717, 1.165) is 10.2 Å². The highest BCUT2D eigenvalue weighted by Crippen LogP contribution is 2.29. The van der Waals surface area contributed by atoms with E-state index in [-0.39, 0.29) is 5.91 Å². The minimum absolute atomic E-state index is 0.0351. The molecule has 0 unspecified atom stereocenters. The van der Waals surface area contributed by atoms with Crippen LogP contribution in [0.2, 0.25) is 0 Å². The van der Waals surface area contributed by atoms with Crippen molar-refractivity contribution in [1.82, 2.24) is 9.88 Å². The molecule has 0 saturated carbocycles. The van der Waals surface area contributed by atoms with E-state index < -0.39 is 0 Å². The number of amides is 1. The van der Waals surface area contributed by atoms with E-state index in [1.807, 2.05) is 32.9 Å². The van der Waals surface area contributed by atoms with E-state index in [9.17, 15) is 4.79 Å². The molecule has 1 amide bonds. The van der Waals surface area contributed by atoms with Crippen LogP contribution < -0.4 is 4.74 Å². The fraction of sp³-hybridized carbons (Fsp3) is 0.294. The number of benzene rings is 1. The van der Waals surface area contributed by atoms with Crippen molar-refractivity contribution in [3.05, 3.63) is 52.3 Å². The topological polar surface area (TPSA) is 42.4 Å². The lowest BCUT2D eigenvalue weighted by Crippen LogP contribution is -2.30. The van der Waals surface area contributed by atoms with E-state index in [1.54, 1.807) is 29.3 Å². The zero-order valence-corrected chi connectivity index (χ0v) is 14.6. The Hall–Kier alpha value is -1.88. The van der Waals surface area contributed by atoms with Crippen LogP contribution in [0.15, 0.2) is 41.0 Å². The molecule has 2 rings (SSSR count). The molecule has 0 spiro atoms. The van der Waals surface area contributed by atoms with E-state index in [0.29, 0.717) is 30.2 Å². The Kier molecular flexibility index (Phi) is 5.55. The number of aromatic nitrogens is 1. The maximum Gasteiger partial charge on any atom is 0.257 e. The molecule has 0 aliphatic heterocycles. The third kappa shape index (κ3) is 3.85. The van der Waals surface area contributed by atoms with Crippen molar-refractivity contribution >= 4 is 21.8 Å². The number of pyridine rings is 1. The average molecular weight is 363 g/mol. The van der Waals surface area contributed by atoms with Gasteiger partial charge in [0.2, 0.25) is 0 Å². The molecule has 116 valence electrons. The number of carbonyl (C=O) groups is 1. The first kappa shape index (κ1) is 16.5. The number of hydrogen-bond acceptors (Lipinski definition) is 3. The lowest BCUT2D eigenvalue weighted by atomic mass is 10.1. The highest BCUT2D eigenvalue weighted by molar-refractivity contribution is 9.10. The van der Waals surface area contributed by atoms with E-state index >= 15 is 0 Å². The molecule has 0 aliphatic rings. The molecule has 0 N–H and O–H groups in total. The number of halogens is 1. The van der Waals surface area contributed by atoms with Crippen molar-refractivity contribution in [2.45, 2.75) is 20.8 Å². The highest BCUT2D eigenvalue weighted by Gasteiger charge is 2.18. The first-order valence-corrected chi connectivity index (χ1v) is 8.03. The van der Waals surface area contributed by atoms with Gasteiger partial charge in [0.1, 0.15) is 11.5 Å². The van der Waals surface area contributed by atoms with Crippen LogP contribution in [0, 0.1) is 6.92 Å². The lowest BCUT2D eigenvalue weighted by molar-refractivity contribution is 0.0770. The van der Waals surface area contributed by atoms with E-state index in [4.69, 9.17) is 4.74 Å². The van der Waals surface area contributed by atoms with Gasteiger partial charge in [0, 0.05) is 35.5 Å². The van der Waals surface area contributed by atoms with Gasteiger partial charge < -0.3 is 9.64 Å². The average Bonchev–Trinajstić information content (AvgIpc) is 2.50. The van der Waals surface area contributed by atoms with Gasteiger partial charge in [-0.1, -0.05) is 15.9 Å². The predicted octanol–water partition coefficient (Wildman–Crippen LogP) is 4.43. The molecular formula is C17H19BrN2O2. The first-order chi connectivity index (χ1) is 10.5. The van der Waals surface area contributed by atoms with Crippen LogP contribution in [0.4, 0.5) is 0 Å². The van der Waals surface area contributed by atoms with Crippen molar-refractivity contribution in [2.24, 2.45) is 0 Å². The fourth-order valence-corrected chi connectivity index (χ4v) is 2.51. The molecule has 0 aliphatic carbocycles. The van der Waals surface area contributed by atoms with Crippen molar-refractivity contribution < 1.29 is 9.53 Å². The summed E-state index contributed by atoms with van der Waals surface area (Å²) in [5, 5.41) is 0. The van der Waals surface area contributed by atoms with Crippen LogP contribution in [-0.2, 0) is 0 Å². The van der Waals surface area contributed by atoms with Gasteiger partial charge >= 0.3 is 0 Å². The molecule has 0 bridgehead atoms. The fourth-order valence-electron chi connectivity index (χ4n) is 2.15. The Bertz CT molecular complexity index is 669. The van der Waals surface area contributed by atoms with Crippen LogP contribution in [0.25, 0.3) is 0 Å². The maximum absolute atomic E-state index is 12.6. The second kappa shape index (κ2) is 7.40. The molecule has 1 heterocycles. The number of nitrogens with zero attached hydrogens (tertiary/aromatic N) is 2. The minimum atomic E-state index is -0.0351. The SMILES string of the molecule is CCN(CC)C(=O)c1cc(Br)ccc1Oc1ccnc(C)c1. The molecule has 0 radical (unpaired) electrons. The number of aryl methyl sites for hydroxylation is 1. The van der Waals surface area contributed by atoms with Crippen molar-refractivity contribution in [3.63, 3.8) is 0 Å². The number of carbonyl (C=O) groups excluding carboxylic acids is 1. The summed E-state index contributed by atoms with van der Waals surface area (Å²) in [4.78, 5) is 18.6. The standard InChI is InChI=1S/C17H19BrN2O2/c1-4-20(5-2)17(21)15-11-13(18)6-7-16(15)22-14-8-9-19-12(3)10-14/h6-11H,4-5H2,1-3H3. The highest BCUT2D eigenvalue weighted by atomic mass is 79.9. The Morgan fingerprint density at radius 1 is 1.23 bits per heavy atom. The van der Waals surface area contributed by atoms with Gasteiger partial charge in [-0.15, -0.1) is 0 Å². The Morgan fingerprint density at radius 3 is 2.59 bits per heavy atom. The van der Waals surface area contributed by atoms with Gasteiger partial charge in [-0.05, 0) is 45.0 Å². The smallest absolute Gasteiger partial charge is 0.257 e. The van der Waals surface area contributed by atoms with Crippen molar-refractivity contribution in [2.75, 3.05) is 13.1 Å². The van der Waals surface area contributed by atoms with Crippen molar-refractivity contribution in [3.8, 4) is 11.5 Å². The lowest BCUT2D eigenvalue weighted by Gasteiger charge is -2.20. The van der Waals surface area contributed by atoms with Gasteiger partial charge in [0.15, 0.2) is 0 Å². The molecule has 4 nitrogen and oxygen atoms in total. The molecule has 0 saturated heterocycles. The number of rotatable bonds is 5. The maximum atomic E-state index is 12.6. The second-order valence-electron chi connectivity index (χ2n) is 4.85. The van der Waals surface area contributed by atoms with Gasteiger partial charge in [-0.2, -0.15) is 0 Å².